The van der Waals surface area contributed by atoms with Gasteiger partial charge in [0.05, 0.1) is 0 Å². The Bertz CT molecular complexity index is 566. The van der Waals surface area contributed by atoms with Crippen LogP contribution < -0.4 is 4.74 Å². The van der Waals surface area contributed by atoms with Gasteiger partial charge in [-0.05, 0) is 49.6 Å². The topological polar surface area (TPSA) is 22.1 Å². The fourth-order valence-electron chi connectivity index (χ4n) is 1.74. The second-order valence-electron chi connectivity index (χ2n) is 4.40. The number of halogens is 1. The number of aromatic nitrogens is 1. The number of rotatable bonds is 3. The molecule has 0 spiro atoms. The van der Waals surface area contributed by atoms with Crippen molar-refractivity contribution >= 4 is 11.6 Å². The van der Waals surface area contributed by atoms with Crippen molar-refractivity contribution in [1.82, 2.24) is 4.98 Å². The van der Waals surface area contributed by atoms with Gasteiger partial charge in [-0.15, -0.1) is 11.6 Å². The van der Waals surface area contributed by atoms with Crippen LogP contribution in [0.1, 0.15) is 22.3 Å². The van der Waals surface area contributed by atoms with E-state index in [9.17, 15) is 0 Å². The summed E-state index contributed by atoms with van der Waals surface area (Å²) in [5.41, 5.74) is 4.35. The molecule has 3 heteroatoms. The van der Waals surface area contributed by atoms with Gasteiger partial charge >= 0.3 is 0 Å². The molecule has 0 aliphatic heterocycles. The highest BCUT2D eigenvalue weighted by molar-refractivity contribution is 6.17. The molecule has 94 valence electrons. The van der Waals surface area contributed by atoms with Gasteiger partial charge in [0.2, 0.25) is 5.88 Å². The molecule has 0 aliphatic rings. The van der Waals surface area contributed by atoms with Crippen molar-refractivity contribution < 1.29 is 4.74 Å². The summed E-state index contributed by atoms with van der Waals surface area (Å²) in [5.74, 6) is 1.96. The van der Waals surface area contributed by atoms with Crippen LogP contribution in [0, 0.1) is 20.8 Å². The number of hydrogen-bond donors (Lipinski definition) is 0. The van der Waals surface area contributed by atoms with E-state index in [1.54, 1.807) is 6.20 Å². The van der Waals surface area contributed by atoms with Gasteiger partial charge in [0, 0.05) is 17.6 Å². The van der Waals surface area contributed by atoms with E-state index < -0.39 is 0 Å². The zero-order valence-electron chi connectivity index (χ0n) is 10.8. The summed E-state index contributed by atoms with van der Waals surface area (Å²) in [5, 5.41) is 0. The molecule has 0 atom stereocenters. The first-order chi connectivity index (χ1) is 8.61. The van der Waals surface area contributed by atoms with Crippen LogP contribution >= 0.6 is 11.6 Å². The smallest absolute Gasteiger partial charge is 0.222 e. The monoisotopic (exact) mass is 261 g/mol. The molecular weight excluding hydrogens is 246 g/mol. The van der Waals surface area contributed by atoms with Gasteiger partial charge in [-0.1, -0.05) is 12.1 Å². The Hall–Kier alpha value is -1.54. The molecule has 18 heavy (non-hydrogen) atoms. The van der Waals surface area contributed by atoms with Crippen molar-refractivity contribution in [3.63, 3.8) is 0 Å². The summed E-state index contributed by atoms with van der Waals surface area (Å²) in [6.45, 7) is 6.09. The second kappa shape index (κ2) is 5.40. The molecule has 0 radical (unpaired) electrons. The summed E-state index contributed by atoms with van der Waals surface area (Å²) < 4.78 is 5.87. The van der Waals surface area contributed by atoms with E-state index in [0.717, 1.165) is 22.4 Å². The van der Waals surface area contributed by atoms with Crippen LogP contribution in [-0.2, 0) is 5.88 Å². The standard InChI is InChI=1S/C15H16ClNO/c1-10-5-4-6-14(12(10)3)18-15-11(2)7-13(8-16)9-17-15/h4-7,9H,8H2,1-3H3. The third kappa shape index (κ3) is 2.65. The summed E-state index contributed by atoms with van der Waals surface area (Å²) in [4.78, 5) is 4.31. The second-order valence-corrected chi connectivity index (χ2v) is 4.67. The van der Waals surface area contributed by atoms with Crippen molar-refractivity contribution in [2.45, 2.75) is 26.7 Å². The minimum Gasteiger partial charge on any atom is -0.438 e. The zero-order valence-corrected chi connectivity index (χ0v) is 11.6. The van der Waals surface area contributed by atoms with E-state index in [1.165, 1.54) is 5.56 Å². The maximum absolute atomic E-state index is 5.87. The molecule has 2 rings (SSSR count). The maximum atomic E-state index is 5.87. The van der Waals surface area contributed by atoms with E-state index in [0.29, 0.717) is 11.8 Å². The highest BCUT2D eigenvalue weighted by Gasteiger charge is 2.07. The zero-order chi connectivity index (χ0) is 13.1. The first kappa shape index (κ1) is 12.9. The summed E-state index contributed by atoms with van der Waals surface area (Å²) in [6, 6.07) is 8.01. The minimum absolute atomic E-state index is 0.470. The van der Waals surface area contributed by atoms with Gasteiger partial charge in [0.25, 0.3) is 0 Å². The minimum atomic E-state index is 0.470. The lowest BCUT2D eigenvalue weighted by Crippen LogP contribution is -1.95. The third-order valence-corrected chi connectivity index (χ3v) is 3.31. The highest BCUT2D eigenvalue weighted by atomic mass is 35.5. The summed E-state index contributed by atoms with van der Waals surface area (Å²) >= 11 is 5.78. The molecular formula is C15H16ClNO. The Morgan fingerprint density at radius 2 is 1.94 bits per heavy atom. The van der Waals surface area contributed by atoms with Gasteiger partial charge in [-0.25, -0.2) is 4.98 Å². The Morgan fingerprint density at radius 3 is 2.61 bits per heavy atom. The number of alkyl halides is 1. The molecule has 1 aromatic heterocycles. The highest BCUT2D eigenvalue weighted by Crippen LogP contribution is 2.27. The SMILES string of the molecule is Cc1cc(CCl)cnc1Oc1cccc(C)c1C. The predicted octanol–water partition coefficient (Wildman–Crippen LogP) is 4.54. The fourth-order valence-corrected chi connectivity index (χ4v) is 1.89. The van der Waals surface area contributed by atoms with Crippen LogP contribution in [0.3, 0.4) is 0 Å². The van der Waals surface area contributed by atoms with Crippen LogP contribution in [0.5, 0.6) is 11.6 Å². The van der Waals surface area contributed by atoms with Crippen molar-refractivity contribution in [3.05, 3.63) is 52.7 Å². The molecule has 0 fully saturated rings. The van der Waals surface area contributed by atoms with E-state index in [4.69, 9.17) is 16.3 Å². The number of nitrogens with zero attached hydrogens (tertiary/aromatic N) is 1. The average Bonchev–Trinajstić information content (AvgIpc) is 2.37. The largest absolute Gasteiger partial charge is 0.438 e. The number of aryl methyl sites for hydroxylation is 2. The summed E-state index contributed by atoms with van der Waals surface area (Å²) in [7, 11) is 0. The molecule has 0 N–H and O–H groups in total. The van der Waals surface area contributed by atoms with Gasteiger partial charge in [0.1, 0.15) is 5.75 Å². The Labute approximate surface area is 113 Å². The third-order valence-electron chi connectivity index (χ3n) is 3.00. The van der Waals surface area contributed by atoms with Crippen LogP contribution in [-0.4, -0.2) is 4.98 Å². The molecule has 2 aromatic rings. The lowest BCUT2D eigenvalue weighted by molar-refractivity contribution is 0.455. The Kier molecular flexibility index (Phi) is 3.87. The van der Waals surface area contributed by atoms with Gasteiger partial charge in [-0.2, -0.15) is 0 Å². The number of pyridine rings is 1. The Morgan fingerprint density at radius 1 is 1.17 bits per heavy atom. The number of ether oxygens (including phenoxy) is 1. The van der Waals surface area contributed by atoms with Gasteiger partial charge in [-0.3, -0.25) is 0 Å². The van der Waals surface area contributed by atoms with Crippen molar-refractivity contribution in [2.75, 3.05) is 0 Å². The van der Waals surface area contributed by atoms with Crippen LogP contribution in [0.2, 0.25) is 0 Å². The average molecular weight is 262 g/mol. The van der Waals surface area contributed by atoms with Gasteiger partial charge < -0.3 is 4.74 Å². The van der Waals surface area contributed by atoms with Crippen LogP contribution in [0.4, 0.5) is 0 Å². The molecule has 0 saturated heterocycles. The molecule has 2 nitrogen and oxygen atoms in total. The molecule has 0 saturated carbocycles. The normalized spacial score (nSPS) is 10.4. The molecule has 1 aromatic carbocycles. The van der Waals surface area contributed by atoms with Crippen LogP contribution in [0.15, 0.2) is 30.5 Å². The maximum Gasteiger partial charge on any atom is 0.222 e. The Balaban J connectivity index is 2.31. The fraction of sp³-hybridized carbons (Fsp3) is 0.267. The van der Waals surface area contributed by atoms with Crippen molar-refractivity contribution in [2.24, 2.45) is 0 Å². The van der Waals surface area contributed by atoms with E-state index in [-0.39, 0.29) is 0 Å². The number of benzene rings is 1. The quantitative estimate of drug-likeness (QED) is 0.757. The molecule has 0 bridgehead atoms. The van der Waals surface area contributed by atoms with Crippen molar-refractivity contribution in [3.8, 4) is 11.6 Å². The van der Waals surface area contributed by atoms with Gasteiger partial charge in [0.15, 0.2) is 0 Å². The lowest BCUT2D eigenvalue weighted by Gasteiger charge is -2.11. The molecule has 0 unspecified atom stereocenters. The van der Waals surface area contributed by atoms with E-state index >= 15 is 0 Å². The van der Waals surface area contributed by atoms with Crippen LogP contribution in [0.25, 0.3) is 0 Å². The lowest BCUT2D eigenvalue weighted by atomic mass is 10.1. The summed E-state index contributed by atoms with van der Waals surface area (Å²) in [6.07, 6.45) is 1.75. The predicted molar refractivity (Wildman–Crippen MR) is 74.5 cm³/mol. The first-order valence-electron chi connectivity index (χ1n) is 5.87. The first-order valence-corrected chi connectivity index (χ1v) is 6.41. The van der Waals surface area contributed by atoms with E-state index in [2.05, 4.69) is 18.0 Å². The molecule has 1 heterocycles. The van der Waals surface area contributed by atoms with E-state index in [1.807, 2.05) is 32.0 Å². The van der Waals surface area contributed by atoms with Crippen molar-refractivity contribution in [1.29, 1.82) is 0 Å². The molecule has 0 amide bonds. The molecule has 0 aliphatic carbocycles. The number of hydrogen-bond acceptors (Lipinski definition) is 2.